The summed E-state index contributed by atoms with van der Waals surface area (Å²) in [6.45, 7) is 10.5. The number of benzene rings is 1. The molecule has 1 aliphatic rings. The van der Waals surface area contributed by atoms with E-state index in [4.69, 9.17) is 9.84 Å². The van der Waals surface area contributed by atoms with Crippen molar-refractivity contribution in [1.29, 1.82) is 0 Å². The molecular formula is C16H26N2O2. The van der Waals surface area contributed by atoms with Gasteiger partial charge < -0.3 is 9.84 Å². The molecule has 0 radical (unpaired) electrons. The lowest BCUT2D eigenvalue weighted by atomic mass is 10.0. The van der Waals surface area contributed by atoms with Gasteiger partial charge in [0.1, 0.15) is 5.75 Å². The van der Waals surface area contributed by atoms with E-state index in [0.29, 0.717) is 0 Å². The summed E-state index contributed by atoms with van der Waals surface area (Å²) < 4.78 is 5.42. The first-order chi connectivity index (χ1) is 9.63. The lowest BCUT2D eigenvalue weighted by molar-refractivity contribution is 0.108. The van der Waals surface area contributed by atoms with Crippen LogP contribution >= 0.6 is 0 Å². The largest absolute Gasteiger partial charge is 0.496 e. The predicted molar refractivity (Wildman–Crippen MR) is 81.3 cm³/mol. The summed E-state index contributed by atoms with van der Waals surface area (Å²) in [7, 11) is 1.73. The smallest absolute Gasteiger partial charge is 0.124 e. The Kier molecular flexibility index (Phi) is 5.40. The fourth-order valence-corrected chi connectivity index (χ4v) is 3.02. The number of aliphatic hydroxyl groups is 1. The molecular weight excluding hydrogens is 252 g/mol. The van der Waals surface area contributed by atoms with Crippen molar-refractivity contribution in [3.63, 3.8) is 0 Å². The Morgan fingerprint density at radius 1 is 1.05 bits per heavy atom. The zero-order chi connectivity index (χ0) is 14.5. The zero-order valence-electron chi connectivity index (χ0n) is 12.9. The number of nitrogens with zero attached hydrogens (tertiary/aromatic N) is 2. The Balaban J connectivity index is 1.94. The van der Waals surface area contributed by atoms with Gasteiger partial charge in [0.15, 0.2) is 0 Å². The normalized spacial score (nSPS) is 17.4. The van der Waals surface area contributed by atoms with E-state index in [-0.39, 0.29) is 6.61 Å². The third-order valence-corrected chi connectivity index (χ3v) is 4.01. The molecule has 0 aromatic heterocycles. The minimum absolute atomic E-state index is 0.261. The minimum Gasteiger partial charge on any atom is -0.496 e. The maximum absolute atomic E-state index is 8.96. The first kappa shape index (κ1) is 15.3. The van der Waals surface area contributed by atoms with Gasteiger partial charge >= 0.3 is 0 Å². The zero-order valence-corrected chi connectivity index (χ0v) is 12.9. The lowest BCUT2D eigenvalue weighted by Gasteiger charge is -2.34. The van der Waals surface area contributed by atoms with Gasteiger partial charge in [-0.05, 0) is 30.5 Å². The lowest BCUT2D eigenvalue weighted by Crippen LogP contribution is -2.46. The first-order valence-electron chi connectivity index (χ1n) is 7.33. The summed E-state index contributed by atoms with van der Waals surface area (Å²) in [5.41, 5.74) is 3.78. The molecule has 1 aliphatic heterocycles. The van der Waals surface area contributed by atoms with Crippen LogP contribution in [0.4, 0.5) is 0 Å². The van der Waals surface area contributed by atoms with Crippen molar-refractivity contribution in [3.8, 4) is 5.75 Å². The van der Waals surface area contributed by atoms with Crippen molar-refractivity contribution in [3.05, 3.63) is 28.8 Å². The van der Waals surface area contributed by atoms with E-state index in [0.717, 1.165) is 45.0 Å². The first-order valence-corrected chi connectivity index (χ1v) is 7.33. The highest BCUT2D eigenvalue weighted by Crippen LogP contribution is 2.25. The molecule has 0 spiro atoms. The number of β-amino-alcohol motifs (C(OH)–C–C–N with tert-alkyl or cyclic N) is 1. The summed E-state index contributed by atoms with van der Waals surface area (Å²) in [6, 6.07) is 4.46. The van der Waals surface area contributed by atoms with Crippen LogP contribution in [0.2, 0.25) is 0 Å². The molecule has 1 N–H and O–H groups in total. The Morgan fingerprint density at radius 3 is 2.10 bits per heavy atom. The number of methoxy groups -OCH3 is 1. The summed E-state index contributed by atoms with van der Waals surface area (Å²) in [6.07, 6.45) is 0. The number of piperazine rings is 1. The average molecular weight is 278 g/mol. The van der Waals surface area contributed by atoms with E-state index in [1.165, 1.54) is 16.7 Å². The van der Waals surface area contributed by atoms with E-state index in [2.05, 4.69) is 35.8 Å². The maximum Gasteiger partial charge on any atom is 0.124 e. The number of aryl methyl sites for hydroxylation is 2. The molecule has 0 saturated carbocycles. The monoisotopic (exact) mass is 278 g/mol. The molecule has 1 aromatic rings. The van der Waals surface area contributed by atoms with Gasteiger partial charge in [-0.15, -0.1) is 0 Å². The van der Waals surface area contributed by atoms with E-state index < -0.39 is 0 Å². The molecule has 112 valence electrons. The number of rotatable bonds is 5. The van der Waals surface area contributed by atoms with Gasteiger partial charge in [-0.1, -0.05) is 12.1 Å². The second-order valence-corrected chi connectivity index (χ2v) is 5.60. The number of hydrogen-bond acceptors (Lipinski definition) is 4. The topological polar surface area (TPSA) is 35.9 Å². The third kappa shape index (κ3) is 3.72. The molecule has 1 heterocycles. The van der Waals surface area contributed by atoms with Crippen molar-refractivity contribution in [2.24, 2.45) is 0 Å². The van der Waals surface area contributed by atoms with Crippen LogP contribution in [-0.2, 0) is 6.54 Å². The number of aliphatic hydroxyl groups excluding tert-OH is 1. The number of ether oxygens (including phenoxy) is 1. The molecule has 1 fully saturated rings. The van der Waals surface area contributed by atoms with Crippen LogP contribution in [0.5, 0.6) is 5.75 Å². The van der Waals surface area contributed by atoms with E-state index >= 15 is 0 Å². The maximum atomic E-state index is 8.96. The molecule has 0 unspecified atom stereocenters. The summed E-state index contributed by atoms with van der Waals surface area (Å²) in [4.78, 5) is 4.80. The van der Waals surface area contributed by atoms with Crippen LogP contribution < -0.4 is 4.74 Å². The summed E-state index contributed by atoms with van der Waals surface area (Å²) >= 11 is 0. The Bertz CT molecular complexity index is 417. The van der Waals surface area contributed by atoms with Crippen molar-refractivity contribution >= 4 is 0 Å². The highest BCUT2D eigenvalue weighted by atomic mass is 16.5. The molecule has 4 nitrogen and oxygen atoms in total. The fraction of sp³-hybridized carbons (Fsp3) is 0.625. The Morgan fingerprint density at radius 2 is 1.60 bits per heavy atom. The van der Waals surface area contributed by atoms with Crippen LogP contribution in [0.15, 0.2) is 12.1 Å². The highest BCUT2D eigenvalue weighted by molar-refractivity contribution is 5.43. The second kappa shape index (κ2) is 7.07. The minimum atomic E-state index is 0.261. The molecule has 0 aliphatic carbocycles. The number of hydrogen-bond donors (Lipinski definition) is 1. The van der Waals surface area contributed by atoms with Crippen molar-refractivity contribution in [1.82, 2.24) is 9.80 Å². The van der Waals surface area contributed by atoms with E-state index in [1.54, 1.807) is 7.11 Å². The van der Waals surface area contributed by atoms with Crippen LogP contribution in [0.3, 0.4) is 0 Å². The molecule has 4 heteroatoms. The fourth-order valence-electron chi connectivity index (χ4n) is 3.02. The molecule has 1 saturated heterocycles. The van der Waals surface area contributed by atoms with Crippen molar-refractivity contribution in [2.75, 3.05) is 46.4 Å². The van der Waals surface area contributed by atoms with Gasteiger partial charge in [0, 0.05) is 39.3 Å². The van der Waals surface area contributed by atoms with Crippen LogP contribution in [0.1, 0.15) is 16.7 Å². The molecule has 0 bridgehead atoms. The molecule has 0 amide bonds. The highest BCUT2D eigenvalue weighted by Gasteiger charge is 2.17. The molecule has 20 heavy (non-hydrogen) atoms. The van der Waals surface area contributed by atoms with Crippen molar-refractivity contribution in [2.45, 2.75) is 20.4 Å². The summed E-state index contributed by atoms with van der Waals surface area (Å²) in [5, 5.41) is 8.96. The van der Waals surface area contributed by atoms with Crippen LogP contribution in [-0.4, -0.2) is 61.3 Å². The second-order valence-electron chi connectivity index (χ2n) is 5.60. The quantitative estimate of drug-likeness (QED) is 0.884. The average Bonchev–Trinajstić information content (AvgIpc) is 2.41. The van der Waals surface area contributed by atoms with Crippen molar-refractivity contribution < 1.29 is 9.84 Å². The molecule has 1 aromatic carbocycles. The van der Waals surface area contributed by atoms with Gasteiger partial charge in [0.25, 0.3) is 0 Å². The van der Waals surface area contributed by atoms with E-state index in [1.807, 2.05) is 0 Å². The van der Waals surface area contributed by atoms with Gasteiger partial charge in [0.2, 0.25) is 0 Å². The van der Waals surface area contributed by atoms with Gasteiger partial charge in [0.05, 0.1) is 13.7 Å². The SMILES string of the molecule is COc1c(C)cc(CN2CCN(CCO)CC2)cc1C. The Labute approximate surface area is 122 Å². The standard InChI is InChI=1S/C16H26N2O2/c1-13-10-15(11-14(2)16(13)20-3)12-18-6-4-17(5-7-18)8-9-19/h10-11,19H,4-9,12H2,1-3H3. The van der Waals surface area contributed by atoms with Gasteiger partial charge in [-0.2, -0.15) is 0 Å². The van der Waals surface area contributed by atoms with Crippen LogP contribution in [0.25, 0.3) is 0 Å². The van der Waals surface area contributed by atoms with Gasteiger partial charge in [-0.25, -0.2) is 0 Å². The Hall–Kier alpha value is -1.10. The summed E-state index contributed by atoms with van der Waals surface area (Å²) in [5.74, 6) is 1.00. The predicted octanol–water partition coefficient (Wildman–Crippen LogP) is 1.42. The molecule has 2 rings (SSSR count). The van der Waals surface area contributed by atoms with E-state index in [9.17, 15) is 0 Å². The molecule has 0 atom stereocenters. The third-order valence-electron chi connectivity index (χ3n) is 4.01. The van der Waals surface area contributed by atoms with Gasteiger partial charge in [-0.3, -0.25) is 9.80 Å². The van der Waals surface area contributed by atoms with Crippen LogP contribution in [0, 0.1) is 13.8 Å².